The molecule has 4 N–H and O–H groups in total. The van der Waals surface area contributed by atoms with Crippen molar-refractivity contribution in [2.45, 2.75) is 83.6 Å². The van der Waals surface area contributed by atoms with Gasteiger partial charge in [0, 0.05) is 31.9 Å². The van der Waals surface area contributed by atoms with Gasteiger partial charge in [0.05, 0.1) is 5.92 Å². The Labute approximate surface area is 216 Å². The third-order valence-electron chi connectivity index (χ3n) is 8.35. The first-order valence-corrected chi connectivity index (χ1v) is 14.1. The van der Waals surface area contributed by atoms with Gasteiger partial charge in [-0.2, -0.15) is 0 Å². The van der Waals surface area contributed by atoms with Gasteiger partial charge < -0.3 is 26.0 Å². The normalized spacial score (nSPS) is 22.8. The first-order valence-electron chi connectivity index (χ1n) is 14.1. The van der Waals surface area contributed by atoms with E-state index >= 15 is 0 Å². The topological polar surface area (TPSA) is 107 Å². The number of fused-ring (bicyclic) bond motifs is 1. The van der Waals surface area contributed by atoms with Crippen molar-refractivity contribution in [1.82, 2.24) is 20.5 Å². The van der Waals surface area contributed by atoms with Gasteiger partial charge in [-0.15, -0.1) is 0 Å². The fraction of sp³-hybridized carbons (Fsp3) is 0.750. The molecule has 0 radical (unpaired) electrons. The van der Waals surface area contributed by atoms with Crippen LogP contribution in [0.25, 0.3) is 0 Å². The zero-order valence-corrected chi connectivity index (χ0v) is 22.0. The molecular weight excluding hydrogens is 454 g/mol. The van der Waals surface area contributed by atoms with Crippen LogP contribution in [0.2, 0.25) is 0 Å². The van der Waals surface area contributed by atoms with Crippen molar-refractivity contribution in [3.8, 4) is 0 Å². The van der Waals surface area contributed by atoms with E-state index in [1.165, 1.54) is 31.2 Å². The van der Waals surface area contributed by atoms with E-state index in [4.69, 9.17) is 4.98 Å². The number of aliphatic carboxylic acids is 1. The second-order valence-corrected chi connectivity index (χ2v) is 11.5. The third-order valence-corrected chi connectivity index (χ3v) is 8.35. The molecule has 1 saturated carbocycles. The summed E-state index contributed by atoms with van der Waals surface area (Å²) >= 11 is 0. The summed E-state index contributed by atoms with van der Waals surface area (Å²) < 4.78 is 0. The standard InChI is InChI=1S/C28H45N5O3/c1-28(13-3-2-4-14-28)20-31-24(27(35)36)18-30-26(34)22-9-6-16-33(19-22)17-7-10-23-12-11-21-8-5-15-29-25(21)32-23/h11-12,22,24,31H,2-10,13-20H2,1H3,(H,29,32)(H,30,34)(H,35,36). The number of amides is 1. The highest BCUT2D eigenvalue weighted by atomic mass is 16.4. The lowest BCUT2D eigenvalue weighted by Gasteiger charge is -2.35. The molecule has 1 amide bonds. The number of aromatic nitrogens is 1. The summed E-state index contributed by atoms with van der Waals surface area (Å²) in [5.41, 5.74) is 2.60. The van der Waals surface area contributed by atoms with Gasteiger partial charge in [-0.05, 0) is 81.5 Å². The van der Waals surface area contributed by atoms with Gasteiger partial charge in [-0.25, -0.2) is 4.98 Å². The van der Waals surface area contributed by atoms with E-state index in [1.807, 2.05) is 0 Å². The largest absolute Gasteiger partial charge is 0.480 e. The Bertz CT molecular complexity index is 886. The highest BCUT2D eigenvalue weighted by Crippen LogP contribution is 2.35. The van der Waals surface area contributed by atoms with Crippen LogP contribution in [0, 0.1) is 11.3 Å². The number of carbonyl (C=O) groups is 2. The number of carbonyl (C=O) groups excluding carboxylic acids is 1. The summed E-state index contributed by atoms with van der Waals surface area (Å²) in [5.74, 6) is 0.0654. The maximum atomic E-state index is 12.9. The molecule has 4 rings (SSSR count). The van der Waals surface area contributed by atoms with E-state index in [1.54, 1.807) is 0 Å². The zero-order chi connectivity index (χ0) is 25.4. The van der Waals surface area contributed by atoms with Crippen LogP contribution in [-0.4, -0.2) is 72.2 Å². The fourth-order valence-electron chi connectivity index (χ4n) is 6.01. The summed E-state index contributed by atoms with van der Waals surface area (Å²) in [6.07, 6.45) is 12.1. The average Bonchev–Trinajstić information content (AvgIpc) is 2.89. The minimum atomic E-state index is -0.897. The van der Waals surface area contributed by atoms with Crippen LogP contribution in [0.4, 0.5) is 5.82 Å². The minimum absolute atomic E-state index is 0.0148. The monoisotopic (exact) mass is 499 g/mol. The summed E-state index contributed by atoms with van der Waals surface area (Å²) in [4.78, 5) is 31.9. The lowest BCUT2D eigenvalue weighted by atomic mass is 9.75. The summed E-state index contributed by atoms with van der Waals surface area (Å²) in [6, 6.07) is 3.62. The number of carboxylic acids is 1. The molecule has 0 bridgehead atoms. The second kappa shape index (κ2) is 12.9. The van der Waals surface area contributed by atoms with Gasteiger partial charge in [0.15, 0.2) is 0 Å². The van der Waals surface area contributed by atoms with Gasteiger partial charge in [0.1, 0.15) is 11.9 Å². The number of hydrogen-bond acceptors (Lipinski definition) is 6. The Balaban J connectivity index is 1.18. The van der Waals surface area contributed by atoms with E-state index in [0.29, 0.717) is 6.54 Å². The summed E-state index contributed by atoms with van der Waals surface area (Å²) in [5, 5.41) is 19.2. The smallest absolute Gasteiger partial charge is 0.322 e. The molecule has 1 aromatic rings. The van der Waals surface area contributed by atoms with Gasteiger partial charge >= 0.3 is 5.97 Å². The molecule has 200 valence electrons. The third kappa shape index (κ3) is 7.65. The summed E-state index contributed by atoms with van der Waals surface area (Å²) in [7, 11) is 0. The fourth-order valence-corrected chi connectivity index (χ4v) is 6.01. The molecule has 2 atom stereocenters. The Morgan fingerprint density at radius 1 is 1.22 bits per heavy atom. The molecule has 8 nitrogen and oxygen atoms in total. The van der Waals surface area contributed by atoms with Crippen molar-refractivity contribution in [2.24, 2.45) is 11.3 Å². The molecular formula is C28H45N5O3. The highest BCUT2D eigenvalue weighted by Gasteiger charge is 2.30. The number of nitrogens with zero attached hydrogens (tertiary/aromatic N) is 2. The molecule has 1 saturated heterocycles. The van der Waals surface area contributed by atoms with Crippen LogP contribution in [-0.2, 0) is 22.4 Å². The Hall–Kier alpha value is -2.19. The van der Waals surface area contributed by atoms with Crippen molar-refractivity contribution in [1.29, 1.82) is 0 Å². The Morgan fingerprint density at radius 2 is 2.06 bits per heavy atom. The molecule has 2 unspecified atom stereocenters. The SMILES string of the molecule is CC1(CNC(CNC(=O)C2CCCN(CCCc3ccc4c(n3)NCCC4)C2)C(=O)O)CCCCC1. The number of hydrogen-bond donors (Lipinski definition) is 4. The van der Waals surface area contributed by atoms with Crippen LogP contribution >= 0.6 is 0 Å². The number of pyridine rings is 1. The van der Waals surface area contributed by atoms with Crippen LogP contribution in [0.1, 0.15) is 76.0 Å². The lowest BCUT2D eigenvalue weighted by molar-refractivity contribution is -0.139. The molecule has 2 fully saturated rings. The molecule has 36 heavy (non-hydrogen) atoms. The van der Waals surface area contributed by atoms with Crippen LogP contribution in [0.15, 0.2) is 12.1 Å². The minimum Gasteiger partial charge on any atom is -0.480 e. The maximum absolute atomic E-state index is 12.9. The Morgan fingerprint density at radius 3 is 2.86 bits per heavy atom. The predicted molar refractivity (Wildman–Crippen MR) is 142 cm³/mol. The number of piperidine rings is 1. The number of likely N-dealkylation sites (tertiary alicyclic amines) is 1. The molecule has 0 aromatic carbocycles. The van der Waals surface area contributed by atoms with E-state index in [0.717, 1.165) is 82.6 Å². The molecule has 3 heterocycles. The van der Waals surface area contributed by atoms with E-state index in [2.05, 4.69) is 39.9 Å². The number of anilines is 1. The van der Waals surface area contributed by atoms with Crippen molar-refractivity contribution in [3.05, 3.63) is 23.4 Å². The first kappa shape index (κ1) is 26.9. The van der Waals surface area contributed by atoms with Gasteiger partial charge in [-0.1, -0.05) is 32.3 Å². The lowest BCUT2D eigenvalue weighted by Crippen LogP contribution is -2.51. The number of nitrogens with one attached hydrogen (secondary N) is 3. The Kier molecular flexibility index (Phi) is 9.60. The molecule has 1 aromatic heterocycles. The van der Waals surface area contributed by atoms with E-state index in [9.17, 15) is 14.7 Å². The van der Waals surface area contributed by atoms with Crippen LogP contribution in [0.3, 0.4) is 0 Å². The van der Waals surface area contributed by atoms with Crippen molar-refractivity contribution < 1.29 is 14.7 Å². The van der Waals surface area contributed by atoms with Crippen molar-refractivity contribution in [3.63, 3.8) is 0 Å². The number of carboxylic acid groups (broad SMARTS) is 1. The number of aryl methyl sites for hydroxylation is 2. The quantitative estimate of drug-likeness (QED) is 0.370. The van der Waals surface area contributed by atoms with E-state index in [-0.39, 0.29) is 23.8 Å². The predicted octanol–water partition coefficient (Wildman–Crippen LogP) is 3.21. The molecule has 8 heteroatoms. The molecule has 0 spiro atoms. The van der Waals surface area contributed by atoms with Gasteiger partial charge in [0.2, 0.25) is 5.91 Å². The van der Waals surface area contributed by atoms with Crippen molar-refractivity contribution in [2.75, 3.05) is 44.6 Å². The maximum Gasteiger partial charge on any atom is 0.322 e. The molecule has 3 aliphatic rings. The molecule has 1 aliphatic carbocycles. The first-order chi connectivity index (χ1) is 17.4. The van der Waals surface area contributed by atoms with E-state index < -0.39 is 12.0 Å². The van der Waals surface area contributed by atoms with Crippen molar-refractivity contribution >= 4 is 17.7 Å². The highest BCUT2D eigenvalue weighted by molar-refractivity contribution is 5.80. The van der Waals surface area contributed by atoms with Crippen LogP contribution in [0.5, 0.6) is 0 Å². The number of rotatable bonds is 11. The van der Waals surface area contributed by atoms with Crippen LogP contribution < -0.4 is 16.0 Å². The summed E-state index contributed by atoms with van der Waals surface area (Å²) in [6.45, 7) is 6.78. The van der Waals surface area contributed by atoms with Gasteiger partial charge in [0.25, 0.3) is 0 Å². The second-order valence-electron chi connectivity index (χ2n) is 11.5. The average molecular weight is 500 g/mol. The zero-order valence-electron chi connectivity index (χ0n) is 22.0. The van der Waals surface area contributed by atoms with Gasteiger partial charge in [-0.3, -0.25) is 9.59 Å². The molecule has 2 aliphatic heterocycles.